The van der Waals surface area contributed by atoms with Crippen LogP contribution in [-0.4, -0.2) is 17.7 Å². The van der Waals surface area contributed by atoms with Gasteiger partial charge in [0.25, 0.3) is 5.69 Å². The smallest absolute Gasteiger partial charge is 0.270 e. The van der Waals surface area contributed by atoms with E-state index in [1.165, 1.54) is 18.3 Å². The van der Waals surface area contributed by atoms with Gasteiger partial charge in [0.15, 0.2) is 0 Å². The average molecular weight is 188 g/mol. The molecule has 0 radical (unpaired) electrons. The van der Waals surface area contributed by atoms with Crippen molar-refractivity contribution < 1.29 is 4.92 Å². The van der Waals surface area contributed by atoms with Crippen molar-refractivity contribution in [3.8, 4) is 12.3 Å². The van der Waals surface area contributed by atoms with E-state index in [4.69, 9.17) is 6.42 Å². The van der Waals surface area contributed by atoms with Crippen LogP contribution in [0.2, 0.25) is 0 Å². The van der Waals surface area contributed by atoms with Gasteiger partial charge in [0, 0.05) is 18.3 Å². The van der Waals surface area contributed by atoms with Gasteiger partial charge in [-0.3, -0.25) is 15.1 Å². The number of rotatable bonds is 3. The third-order valence-corrected chi connectivity index (χ3v) is 1.50. The highest BCUT2D eigenvalue weighted by Gasteiger charge is 2.03. The van der Waals surface area contributed by atoms with Gasteiger partial charge in [-0.1, -0.05) is 18.1 Å². The quantitative estimate of drug-likeness (QED) is 0.313. The molecule has 0 N–H and O–H groups in total. The highest BCUT2D eigenvalue weighted by molar-refractivity contribution is 5.80. The zero-order valence-corrected chi connectivity index (χ0v) is 7.38. The van der Waals surface area contributed by atoms with E-state index in [2.05, 4.69) is 10.9 Å². The van der Waals surface area contributed by atoms with Gasteiger partial charge in [0.2, 0.25) is 0 Å². The molecule has 0 saturated heterocycles. The minimum atomic E-state index is -0.446. The number of nitro groups is 1. The number of terminal acetylenes is 1. The maximum absolute atomic E-state index is 10.4. The second-order valence-corrected chi connectivity index (χ2v) is 2.53. The van der Waals surface area contributed by atoms with Crippen LogP contribution >= 0.6 is 0 Å². The van der Waals surface area contributed by atoms with Gasteiger partial charge in [-0.25, -0.2) is 0 Å². The minimum Gasteiger partial charge on any atom is -0.280 e. The summed E-state index contributed by atoms with van der Waals surface area (Å²) in [5, 5.41) is 10.4. The summed E-state index contributed by atoms with van der Waals surface area (Å²) in [4.78, 5) is 13.8. The van der Waals surface area contributed by atoms with Crippen molar-refractivity contribution >= 4 is 11.9 Å². The Morgan fingerprint density at radius 1 is 1.64 bits per heavy atom. The Labute approximate surface area is 81.4 Å². The number of aliphatic imine (C=N–C) groups is 1. The molecule has 0 spiro atoms. The summed E-state index contributed by atoms with van der Waals surface area (Å²) in [6, 6.07) is 6.21. The second-order valence-electron chi connectivity index (χ2n) is 2.53. The van der Waals surface area contributed by atoms with Crippen LogP contribution in [0, 0.1) is 22.5 Å². The lowest BCUT2D eigenvalue weighted by molar-refractivity contribution is -0.384. The normalized spacial score (nSPS) is 9.93. The number of nitrogens with zero attached hydrogens (tertiary/aromatic N) is 2. The Morgan fingerprint density at radius 3 is 3.07 bits per heavy atom. The number of benzene rings is 1. The first-order valence-electron chi connectivity index (χ1n) is 3.92. The first-order valence-corrected chi connectivity index (χ1v) is 3.92. The largest absolute Gasteiger partial charge is 0.280 e. The zero-order chi connectivity index (χ0) is 10.4. The van der Waals surface area contributed by atoms with E-state index in [0.29, 0.717) is 5.56 Å². The van der Waals surface area contributed by atoms with Gasteiger partial charge in [0.1, 0.15) is 0 Å². The van der Waals surface area contributed by atoms with Crippen LogP contribution in [0.1, 0.15) is 5.56 Å². The van der Waals surface area contributed by atoms with Gasteiger partial charge >= 0.3 is 0 Å². The van der Waals surface area contributed by atoms with Crippen LogP contribution in [0.5, 0.6) is 0 Å². The molecule has 0 aromatic heterocycles. The fraction of sp³-hybridized carbons (Fsp3) is 0.100. The molecule has 0 atom stereocenters. The molecule has 0 heterocycles. The summed E-state index contributed by atoms with van der Waals surface area (Å²) in [7, 11) is 0. The van der Waals surface area contributed by atoms with Crippen molar-refractivity contribution in [1.82, 2.24) is 0 Å². The van der Waals surface area contributed by atoms with E-state index in [9.17, 15) is 10.1 Å². The van der Waals surface area contributed by atoms with Crippen molar-refractivity contribution in [1.29, 1.82) is 0 Å². The van der Waals surface area contributed by atoms with Gasteiger partial charge in [0.05, 0.1) is 11.5 Å². The average Bonchev–Trinajstić information content (AvgIpc) is 2.19. The molecule has 0 aliphatic carbocycles. The summed E-state index contributed by atoms with van der Waals surface area (Å²) in [5.74, 6) is 2.34. The van der Waals surface area contributed by atoms with Crippen molar-refractivity contribution in [2.45, 2.75) is 0 Å². The topological polar surface area (TPSA) is 55.5 Å². The predicted molar refractivity (Wildman–Crippen MR) is 54.4 cm³/mol. The molecule has 1 aromatic rings. The molecule has 0 aliphatic heterocycles. The number of nitro benzene ring substituents is 1. The van der Waals surface area contributed by atoms with Crippen LogP contribution in [-0.2, 0) is 0 Å². The van der Waals surface area contributed by atoms with Crippen molar-refractivity contribution in [2.24, 2.45) is 4.99 Å². The maximum Gasteiger partial charge on any atom is 0.270 e. The lowest BCUT2D eigenvalue weighted by Gasteiger charge is -1.92. The van der Waals surface area contributed by atoms with Crippen molar-refractivity contribution in [3.05, 3.63) is 39.9 Å². The van der Waals surface area contributed by atoms with Crippen molar-refractivity contribution in [2.75, 3.05) is 6.54 Å². The van der Waals surface area contributed by atoms with Gasteiger partial charge in [-0.05, 0) is 5.56 Å². The van der Waals surface area contributed by atoms with Crippen LogP contribution in [0.3, 0.4) is 0 Å². The molecule has 14 heavy (non-hydrogen) atoms. The first-order chi connectivity index (χ1) is 6.74. The molecule has 0 bridgehead atoms. The van der Waals surface area contributed by atoms with E-state index in [-0.39, 0.29) is 12.2 Å². The van der Waals surface area contributed by atoms with E-state index < -0.39 is 4.92 Å². The Bertz CT molecular complexity index is 405. The SMILES string of the molecule is C#CCN=Cc1cccc([N+](=O)[O-])c1. The van der Waals surface area contributed by atoms with E-state index >= 15 is 0 Å². The molecule has 0 unspecified atom stereocenters. The number of hydrogen-bond donors (Lipinski definition) is 0. The molecule has 4 heteroatoms. The van der Waals surface area contributed by atoms with Crippen molar-refractivity contribution in [3.63, 3.8) is 0 Å². The zero-order valence-electron chi connectivity index (χ0n) is 7.38. The minimum absolute atomic E-state index is 0.0506. The maximum atomic E-state index is 10.4. The molecular weight excluding hydrogens is 180 g/mol. The fourth-order valence-corrected chi connectivity index (χ4v) is 0.922. The summed E-state index contributed by atoms with van der Waals surface area (Å²) >= 11 is 0. The second kappa shape index (κ2) is 4.77. The summed E-state index contributed by atoms with van der Waals surface area (Å²) in [5.41, 5.74) is 0.726. The molecule has 4 nitrogen and oxygen atoms in total. The highest BCUT2D eigenvalue weighted by Crippen LogP contribution is 2.11. The van der Waals surface area contributed by atoms with Crippen LogP contribution < -0.4 is 0 Å². The molecular formula is C10H8N2O2. The Balaban J connectivity index is 2.85. The summed E-state index contributed by atoms with van der Waals surface area (Å²) < 4.78 is 0. The molecule has 1 rings (SSSR count). The molecule has 70 valence electrons. The molecule has 0 aliphatic rings. The van der Waals surface area contributed by atoms with E-state index in [0.717, 1.165) is 0 Å². The highest BCUT2D eigenvalue weighted by atomic mass is 16.6. The third-order valence-electron chi connectivity index (χ3n) is 1.50. The molecule has 0 saturated carbocycles. The lowest BCUT2D eigenvalue weighted by Crippen LogP contribution is -1.89. The van der Waals surface area contributed by atoms with Gasteiger partial charge < -0.3 is 0 Å². The molecule has 1 aromatic carbocycles. The molecule has 0 fully saturated rings. The monoisotopic (exact) mass is 188 g/mol. The van der Waals surface area contributed by atoms with Crippen LogP contribution in [0.4, 0.5) is 5.69 Å². The number of hydrogen-bond acceptors (Lipinski definition) is 3. The standard InChI is InChI=1S/C10H8N2O2/c1-2-6-11-8-9-4-3-5-10(7-9)12(13)14/h1,3-5,7-8H,6H2. The Kier molecular flexibility index (Phi) is 3.39. The van der Waals surface area contributed by atoms with E-state index in [1.54, 1.807) is 12.1 Å². The van der Waals surface area contributed by atoms with Gasteiger partial charge in [-0.2, -0.15) is 0 Å². The summed E-state index contributed by atoms with van der Waals surface area (Å²) in [6.45, 7) is 0.280. The number of non-ortho nitro benzene ring substituents is 1. The first kappa shape index (κ1) is 9.93. The predicted octanol–water partition coefficient (Wildman–Crippen LogP) is 1.65. The fourth-order valence-electron chi connectivity index (χ4n) is 0.922. The molecule has 0 amide bonds. The Morgan fingerprint density at radius 2 is 2.43 bits per heavy atom. The Hall–Kier alpha value is -2.15. The third kappa shape index (κ3) is 2.72. The van der Waals surface area contributed by atoms with E-state index in [1.807, 2.05) is 0 Å². The van der Waals surface area contributed by atoms with Crippen LogP contribution in [0.25, 0.3) is 0 Å². The summed E-state index contributed by atoms with van der Waals surface area (Å²) in [6.07, 6.45) is 6.52. The van der Waals surface area contributed by atoms with Crippen LogP contribution in [0.15, 0.2) is 29.3 Å². The lowest BCUT2D eigenvalue weighted by atomic mass is 10.2. The van der Waals surface area contributed by atoms with Gasteiger partial charge in [-0.15, -0.1) is 6.42 Å².